The van der Waals surface area contributed by atoms with Gasteiger partial charge in [-0.3, -0.25) is 9.69 Å². The van der Waals surface area contributed by atoms with Gasteiger partial charge in [-0.2, -0.15) is 13.2 Å². The summed E-state index contributed by atoms with van der Waals surface area (Å²) < 4.78 is 38.3. The van der Waals surface area contributed by atoms with Gasteiger partial charge in [0, 0.05) is 75.7 Å². The Morgan fingerprint density at radius 2 is 1.60 bits per heavy atom. The van der Waals surface area contributed by atoms with Crippen molar-refractivity contribution in [1.29, 1.82) is 0 Å². The summed E-state index contributed by atoms with van der Waals surface area (Å²) in [5.41, 5.74) is 0.435. The zero-order valence-corrected chi connectivity index (χ0v) is 20.4. The third-order valence-electron chi connectivity index (χ3n) is 6.68. The van der Waals surface area contributed by atoms with Gasteiger partial charge in [-0.25, -0.2) is 4.98 Å². The Morgan fingerprint density at radius 3 is 2.26 bits per heavy atom. The lowest BCUT2D eigenvalue weighted by Gasteiger charge is -2.36. The highest BCUT2D eigenvalue weighted by Gasteiger charge is 2.31. The third kappa shape index (κ3) is 7.01. The number of benzene rings is 1. The van der Waals surface area contributed by atoms with E-state index in [9.17, 15) is 18.0 Å². The van der Waals surface area contributed by atoms with Gasteiger partial charge in [0.2, 0.25) is 5.91 Å². The van der Waals surface area contributed by atoms with Crippen LogP contribution in [-0.2, 0) is 11.0 Å². The number of aromatic nitrogens is 1. The maximum absolute atomic E-state index is 12.8. The number of piperazine rings is 1. The van der Waals surface area contributed by atoms with Crippen LogP contribution < -0.4 is 9.80 Å². The van der Waals surface area contributed by atoms with Crippen molar-refractivity contribution in [2.75, 3.05) is 68.7 Å². The minimum absolute atomic E-state index is 0.145. The minimum Gasteiger partial charge on any atom is -0.369 e. The van der Waals surface area contributed by atoms with E-state index >= 15 is 0 Å². The van der Waals surface area contributed by atoms with Crippen molar-refractivity contribution in [1.82, 2.24) is 14.8 Å². The minimum atomic E-state index is -4.39. The third-order valence-corrected chi connectivity index (χ3v) is 6.93. The van der Waals surface area contributed by atoms with Gasteiger partial charge >= 0.3 is 6.18 Å². The number of amides is 1. The van der Waals surface area contributed by atoms with E-state index in [0.717, 1.165) is 62.9 Å². The number of carbonyl (C=O) groups excluding carboxylic acids is 1. The van der Waals surface area contributed by atoms with Crippen molar-refractivity contribution in [3.8, 4) is 0 Å². The van der Waals surface area contributed by atoms with Crippen molar-refractivity contribution in [2.45, 2.75) is 25.4 Å². The molecule has 3 heterocycles. The number of hydrogen-bond donors (Lipinski definition) is 0. The van der Waals surface area contributed by atoms with Crippen LogP contribution in [0.25, 0.3) is 0 Å². The van der Waals surface area contributed by atoms with E-state index < -0.39 is 11.7 Å². The number of anilines is 2. The molecule has 1 aromatic heterocycles. The second kappa shape index (κ2) is 11.5. The van der Waals surface area contributed by atoms with Gasteiger partial charge in [-0.05, 0) is 55.8 Å². The molecule has 6 nitrogen and oxygen atoms in total. The van der Waals surface area contributed by atoms with Crippen LogP contribution in [-0.4, -0.2) is 79.6 Å². The molecule has 0 saturated carbocycles. The van der Waals surface area contributed by atoms with Crippen molar-refractivity contribution >= 4 is 29.0 Å². The highest BCUT2D eigenvalue weighted by molar-refractivity contribution is 6.30. The second-order valence-corrected chi connectivity index (χ2v) is 9.47. The van der Waals surface area contributed by atoms with Gasteiger partial charge in [-0.15, -0.1) is 0 Å². The van der Waals surface area contributed by atoms with E-state index in [1.807, 2.05) is 34.1 Å². The average molecular weight is 510 g/mol. The number of halogens is 4. The second-order valence-electron chi connectivity index (χ2n) is 9.03. The Kier molecular flexibility index (Phi) is 8.38. The molecule has 0 bridgehead atoms. The Balaban J connectivity index is 1.17. The van der Waals surface area contributed by atoms with Gasteiger partial charge in [0.1, 0.15) is 5.82 Å². The number of carbonyl (C=O) groups is 1. The van der Waals surface area contributed by atoms with Crippen LogP contribution in [0, 0.1) is 0 Å². The molecule has 0 aliphatic carbocycles. The highest BCUT2D eigenvalue weighted by Crippen LogP contribution is 2.29. The van der Waals surface area contributed by atoms with Crippen LogP contribution in [0.4, 0.5) is 24.7 Å². The van der Waals surface area contributed by atoms with Gasteiger partial charge < -0.3 is 14.7 Å². The maximum atomic E-state index is 12.8. The number of pyridine rings is 1. The molecule has 4 rings (SSSR count). The summed E-state index contributed by atoms with van der Waals surface area (Å²) in [7, 11) is 0. The average Bonchev–Trinajstić information content (AvgIpc) is 3.11. The first-order chi connectivity index (χ1) is 16.8. The summed E-state index contributed by atoms with van der Waals surface area (Å²) in [6, 6.07) is 10.4. The zero-order chi connectivity index (χ0) is 24.8. The normalized spacial score (nSPS) is 18.0. The van der Waals surface area contributed by atoms with Crippen LogP contribution in [0.3, 0.4) is 0 Å². The molecule has 1 amide bonds. The van der Waals surface area contributed by atoms with Crippen molar-refractivity contribution in [2.24, 2.45) is 0 Å². The molecule has 0 unspecified atom stereocenters. The zero-order valence-electron chi connectivity index (χ0n) is 19.7. The van der Waals surface area contributed by atoms with Gasteiger partial charge in [0.25, 0.3) is 0 Å². The van der Waals surface area contributed by atoms with Crippen LogP contribution in [0.15, 0.2) is 42.6 Å². The number of alkyl halides is 3. The number of rotatable bonds is 6. The van der Waals surface area contributed by atoms with E-state index in [1.165, 1.54) is 11.8 Å². The van der Waals surface area contributed by atoms with E-state index in [2.05, 4.69) is 14.8 Å². The first kappa shape index (κ1) is 25.6. The van der Waals surface area contributed by atoms with Crippen molar-refractivity contribution < 1.29 is 18.0 Å². The summed E-state index contributed by atoms with van der Waals surface area (Å²) in [4.78, 5) is 25.4. The summed E-state index contributed by atoms with van der Waals surface area (Å²) >= 11 is 5.98. The molecule has 2 fully saturated rings. The Labute approximate surface area is 209 Å². The molecule has 190 valence electrons. The van der Waals surface area contributed by atoms with Gasteiger partial charge in [0.15, 0.2) is 0 Å². The standard InChI is InChI=1S/C25H31ClF3N5O/c26-21-5-7-22(8-6-21)32-15-13-31(14-16-32)10-1-3-24(35)34-12-2-11-33(17-18-34)23-9-4-20(19-30-23)25(27,28)29/h4-9,19H,1-3,10-18H2. The van der Waals surface area contributed by atoms with E-state index in [1.54, 1.807) is 0 Å². The van der Waals surface area contributed by atoms with Gasteiger partial charge in [-0.1, -0.05) is 11.6 Å². The first-order valence-electron chi connectivity index (χ1n) is 12.1. The Hall–Kier alpha value is -2.52. The monoisotopic (exact) mass is 509 g/mol. The molecule has 1 aromatic carbocycles. The molecule has 2 aliphatic rings. The fourth-order valence-electron chi connectivity index (χ4n) is 4.63. The molecular formula is C25H31ClF3N5O. The lowest BCUT2D eigenvalue weighted by molar-refractivity contribution is -0.137. The summed E-state index contributed by atoms with van der Waals surface area (Å²) in [5.74, 6) is 0.664. The van der Waals surface area contributed by atoms with E-state index in [4.69, 9.17) is 11.6 Å². The topological polar surface area (TPSA) is 42.9 Å². The lowest BCUT2D eigenvalue weighted by atomic mass is 10.2. The molecular weight excluding hydrogens is 479 g/mol. The van der Waals surface area contributed by atoms with E-state index in [-0.39, 0.29) is 5.91 Å². The largest absolute Gasteiger partial charge is 0.417 e. The van der Waals surface area contributed by atoms with Gasteiger partial charge in [0.05, 0.1) is 5.56 Å². The van der Waals surface area contributed by atoms with Crippen molar-refractivity contribution in [3.63, 3.8) is 0 Å². The molecule has 2 aliphatic heterocycles. The fraction of sp³-hybridized carbons (Fsp3) is 0.520. The predicted octanol–water partition coefficient (Wildman–Crippen LogP) is 4.39. The van der Waals surface area contributed by atoms with Crippen LogP contribution >= 0.6 is 11.6 Å². The summed E-state index contributed by atoms with van der Waals surface area (Å²) in [5, 5.41) is 0.741. The smallest absolute Gasteiger partial charge is 0.369 e. The van der Waals surface area contributed by atoms with Crippen LogP contribution in [0.5, 0.6) is 0 Å². The fourth-order valence-corrected chi connectivity index (χ4v) is 4.76. The van der Waals surface area contributed by atoms with Crippen LogP contribution in [0.2, 0.25) is 5.02 Å². The SMILES string of the molecule is O=C(CCCN1CCN(c2ccc(Cl)cc2)CC1)N1CCCN(c2ccc(C(F)(F)F)cn2)CC1. The maximum Gasteiger partial charge on any atom is 0.417 e. The van der Waals surface area contributed by atoms with Crippen LogP contribution in [0.1, 0.15) is 24.8 Å². The Morgan fingerprint density at radius 1 is 0.886 bits per heavy atom. The molecule has 35 heavy (non-hydrogen) atoms. The quantitative estimate of drug-likeness (QED) is 0.577. The molecule has 0 atom stereocenters. The van der Waals surface area contributed by atoms with Crippen molar-refractivity contribution in [3.05, 3.63) is 53.2 Å². The summed E-state index contributed by atoms with van der Waals surface area (Å²) in [6.07, 6.45) is -1.42. The molecule has 10 heteroatoms. The molecule has 2 aromatic rings. The first-order valence-corrected chi connectivity index (χ1v) is 12.5. The predicted molar refractivity (Wildman–Crippen MR) is 132 cm³/mol. The Bertz CT molecular complexity index is 963. The molecule has 0 radical (unpaired) electrons. The number of nitrogens with zero attached hydrogens (tertiary/aromatic N) is 5. The molecule has 0 N–H and O–H groups in total. The van der Waals surface area contributed by atoms with E-state index in [0.29, 0.717) is 38.4 Å². The number of hydrogen-bond acceptors (Lipinski definition) is 5. The summed E-state index contributed by atoms with van der Waals surface area (Å²) in [6.45, 7) is 7.19. The highest BCUT2D eigenvalue weighted by atomic mass is 35.5. The molecule has 2 saturated heterocycles. The molecule has 0 spiro atoms. The lowest BCUT2D eigenvalue weighted by Crippen LogP contribution is -2.46.